The van der Waals surface area contributed by atoms with Gasteiger partial charge >= 0.3 is 5.97 Å². The molecule has 5 rings (SSSR count). The lowest BCUT2D eigenvalue weighted by Crippen LogP contribution is -2.49. The molecule has 2 heterocycles. The first-order valence-electron chi connectivity index (χ1n) is 13.2. The minimum atomic E-state index is -0.333. The van der Waals surface area contributed by atoms with E-state index in [1.54, 1.807) is 30.8 Å². The van der Waals surface area contributed by atoms with Crippen LogP contribution in [-0.2, 0) is 16.2 Å². The molecule has 0 radical (unpaired) electrons. The zero-order valence-electron chi connectivity index (χ0n) is 21.5. The largest absolute Gasteiger partial charge is 0.490 e. The highest BCUT2D eigenvalue weighted by Crippen LogP contribution is 2.38. The summed E-state index contributed by atoms with van der Waals surface area (Å²) in [6.45, 7) is 2.13. The highest BCUT2D eigenvalue weighted by atomic mass is 32.2. The molecule has 3 aromatic carbocycles. The average Bonchev–Trinajstić information content (AvgIpc) is 3.20. The highest BCUT2D eigenvalue weighted by Gasteiger charge is 2.44. The summed E-state index contributed by atoms with van der Waals surface area (Å²) in [6.07, 6.45) is 3.65. The summed E-state index contributed by atoms with van der Waals surface area (Å²) < 4.78 is 24.4. The number of esters is 1. The number of rotatable bonds is 9. The second-order valence-corrected chi connectivity index (χ2v) is 10.9. The number of ether oxygens (including phenoxy) is 2. The second kappa shape index (κ2) is 12.0. The number of amides is 1. The molecule has 2 unspecified atom stereocenters. The average molecular weight is 534 g/mol. The Morgan fingerprint density at radius 2 is 1.39 bits per heavy atom. The van der Waals surface area contributed by atoms with Gasteiger partial charge in [-0.3, -0.25) is 4.79 Å². The molecule has 2 aliphatic heterocycles. The Hall–Kier alpha value is -3.32. The van der Waals surface area contributed by atoms with Gasteiger partial charge in [-0.1, -0.05) is 24.3 Å². The van der Waals surface area contributed by atoms with Crippen molar-refractivity contribution in [2.75, 3.05) is 6.61 Å². The Bertz CT molecular complexity index is 1230. The SMILES string of the molecule is CCOC(=O)c1ccc(OC2CC3CCC(C2)N3C(=O)c2ccc(CSCc3ccc(F)cc3)cc2)cc1. The van der Waals surface area contributed by atoms with Gasteiger partial charge in [-0.25, -0.2) is 9.18 Å². The number of halogens is 1. The van der Waals surface area contributed by atoms with E-state index >= 15 is 0 Å². The van der Waals surface area contributed by atoms with Crippen LogP contribution in [0.1, 0.15) is 64.4 Å². The number of hydrogen-bond donors (Lipinski definition) is 0. The predicted molar refractivity (Wildman–Crippen MR) is 147 cm³/mol. The topological polar surface area (TPSA) is 55.8 Å². The highest BCUT2D eigenvalue weighted by molar-refractivity contribution is 7.97. The lowest BCUT2D eigenvalue weighted by Gasteiger charge is -2.39. The summed E-state index contributed by atoms with van der Waals surface area (Å²) in [7, 11) is 0. The molecule has 0 N–H and O–H groups in total. The summed E-state index contributed by atoms with van der Waals surface area (Å²) in [4.78, 5) is 27.4. The van der Waals surface area contributed by atoms with E-state index in [2.05, 4.69) is 4.90 Å². The normalized spacial score (nSPS) is 20.3. The first kappa shape index (κ1) is 26.3. The van der Waals surface area contributed by atoms with E-state index in [0.29, 0.717) is 12.2 Å². The van der Waals surface area contributed by atoms with E-state index in [-0.39, 0.29) is 35.9 Å². The fourth-order valence-corrected chi connectivity index (χ4v) is 6.35. The molecule has 2 bridgehead atoms. The van der Waals surface area contributed by atoms with Crippen LogP contribution < -0.4 is 4.74 Å². The summed E-state index contributed by atoms with van der Waals surface area (Å²) in [5.41, 5.74) is 3.50. The standard InChI is InChI=1S/C31H32FNO4S/c1-2-36-31(35)24-9-15-28(16-10-24)37-29-17-26-13-14-27(18-29)33(26)30(34)23-7-3-21(4-8-23)19-38-20-22-5-11-25(32)12-6-22/h3-12,15-16,26-27,29H,2,13-14,17-20H2,1H3. The van der Waals surface area contributed by atoms with Crippen LogP contribution in [0.3, 0.4) is 0 Å². The fraction of sp³-hybridized carbons (Fsp3) is 0.355. The van der Waals surface area contributed by atoms with Crippen molar-refractivity contribution >= 4 is 23.6 Å². The number of piperidine rings is 1. The molecule has 0 spiro atoms. The van der Waals surface area contributed by atoms with Crippen molar-refractivity contribution in [2.45, 2.75) is 62.3 Å². The van der Waals surface area contributed by atoms with E-state index in [4.69, 9.17) is 9.47 Å². The van der Waals surface area contributed by atoms with Crippen LogP contribution in [0, 0.1) is 5.82 Å². The van der Waals surface area contributed by atoms with E-state index in [1.807, 2.05) is 48.5 Å². The van der Waals surface area contributed by atoms with Gasteiger partial charge < -0.3 is 14.4 Å². The molecule has 2 saturated heterocycles. The van der Waals surface area contributed by atoms with Crippen LogP contribution in [0.5, 0.6) is 5.75 Å². The number of thioether (sulfide) groups is 1. The van der Waals surface area contributed by atoms with Crippen LogP contribution in [0.4, 0.5) is 4.39 Å². The van der Waals surface area contributed by atoms with Crippen molar-refractivity contribution in [1.29, 1.82) is 0 Å². The number of fused-ring (bicyclic) bond motifs is 2. The molecule has 7 heteroatoms. The van der Waals surface area contributed by atoms with Gasteiger partial charge in [0.1, 0.15) is 17.7 Å². The maximum absolute atomic E-state index is 13.4. The molecule has 5 nitrogen and oxygen atoms in total. The number of nitrogens with zero attached hydrogens (tertiary/aromatic N) is 1. The molecule has 0 saturated carbocycles. The van der Waals surface area contributed by atoms with E-state index < -0.39 is 0 Å². The van der Waals surface area contributed by atoms with Gasteiger partial charge in [0.25, 0.3) is 5.91 Å². The van der Waals surface area contributed by atoms with Gasteiger partial charge in [0, 0.05) is 42.0 Å². The van der Waals surface area contributed by atoms with Gasteiger partial charge in [0.15, 0.2) is 0 Å². The first-order chi connectivity index (χ1) is 18.5. The van der Waals surface area contributed by atoms with Crippen LogP contribution in [0.15, 0.2) is 72.8 Å². The molecule has 38 heavy (non-hydrogen) atoms. The third kappa shape index (κ3) is 6.21. The molecule has 2 aliphatic rings. The molecule has 2 fully saturated rings. The van der Waals surface area contributed by atoms with E-state index in [1.165, 1.54) is 12.1 Å². The Balaban J connectivity index is 1.13. The third-order valence-electron chi connectivity index (χ3n) is 7.24. The maximum Gasteiger partial charge on any atom is 0.338 e. The molecule has 0 aromatic heterocycles. The monoisotopic (exact) mass is 533 g/mol. The molecule has 2 atom stereocenters. The lowest BCUT2D eigenvalue weighted by atomic mass is 9.98. The van der Waals surface area contributed by atoms with Gasteiger partial charge in [-0.05, 0) is 79.4 Å². The number of carbonyl (C=O) groups is 2. The van der Waals surface area contributed by atoms with Gasteiger partial charge in [0.2, 0.25) is 0 Å². The van der Waals surface area contributed by atoms with Crippen molar-refractivity contribution in [1.82, 2.24) is 4.90 Å². The number of hydrogen-bond acceptors (Lipinski definition) is 5. The quantitative estimate of drug-likeness (QED) is 0.288. The van der Waals surface area contributed by atoms with Crippen molar-refractivity contribution < 1.29 is 23.5 Å². The summed E-state index contributed by atoms with van der Waals surface area (Å²) in [5, 5.41) is 0. The zero-order valence-corrected chi connectivity index (χ0v) is 22.3. The molecule has 198 valence electrons. The summed E-state index contributed by atoms with van der Waals surface area (Å²) >= 11 is 1.77. The molecule has 1 amide bonds. The van der Waals surface area contributed by atoms with Crippen molar-refractivity contribution in [3.63, 3.8) is 0 Å². The predicted octanol–water partition coefficient (Wildman–Crippen LogP) is 6.65. The van der Waals surface area contributed by atoms with Crippen molar-refractivity contribution in [3.8, 4) is 5.75 Å². The van der Waals surface area contributed by atoms with Crippen molar-refractivity contribution in [2.24, 2.45) is 0 Å². The van der Waals surface area contributed by atoms with Gasteiger partial charge in [-0.2, -0.15) is 11.8 Å². The number of carbonyl (C=O) groups excluding carboxylic acids is 2. The molecular formula is C31H32FNO4S. The lowest BCUT2D eigenvalue weighted by molar-refractivity contribution is 0.0359. The Labute approximate surface area is 227 Å². The minimum absolute atomic E-state index is 0.0468. The van der Waals surface area contributed by atoms with Crippen LogP contribution in [0.2, 0.25) is 0 Å². The Kier molecular flexibility index (Phi) is 8.32. The fourth-order valence-electron chi connectivity index (χ4n) is 5.39. The third-order valence-corrected chi connectivity index (χ3v) is 8.32. The van der Waals surface area contributed by atoms with Crippen molar-refractivity contribution in [3.05, 3.63) is 101 Å². The van der Waals surface area contributed by atoms with E-state index in [0.717, 1.165) is 59.6 Å². The maximum atomic E-state index is 13.4. The van der Waals surface area contributed by atoms with Gasteiger partial charge in [-0.15, -0.1) is 0 Å². The van der Waals surface area contributed by atoms with Crippen LogP contribution >= 0.6 is 11.8 Å². The summed E-state index contributed by atoms with van der Waals surface area (Å²) in [5.74, 6) is 1.93. The smallest absolute Gasteiger partial charge is 0.338 e. The minimum Gasteiger partial charge on any atom is -0.490 e. The van der Waals surface area contributed by atoms with E-state index in [9.17, 15) is 14.0 Å². The van der Waals surface area contributed by atoms with Crippen LogP contribution in [-0.4, -0.2) is 41.6 Å². The van der Waals surface area contributed by atoms with Crippen LogP contribution in [0.25, 0.3) is 0 Å². The first-order valence-corrected chi connectivity index (χ1v) is 14.3. The number of benzene rings is 3. The Morgan fingerprint density at radius 1 is 0.842 bits per heavy atom. The molecule has 3 aromatic rings. The second-order valence-electron chi connectivity index (χ2n) is 9.87. The summed E-state index contributed by atoms with van der Waals surface area (Å²) in [6, 6.07) is 22.0. The Morgan fingerprint density at radius 3 is 1.97 bits per heavy atom. The molecular weight excluding hydrogens is 501 g/mol. The van der Waals surface area contributed by atoms with Gasteiger partial charge in [0.05, 0.1) is 12.2 Å². The molecule has 0 aliphatic carbocycles. The zero-order chi connectivity index (χ0) is 26.5.